The van der Waals surface area contributed by atoms with E-state index in [0.29, 0.717) is 24.3 Å². The van der Waals surface area contributed by atoms with Gasteiger partial charge in [-0.1, -0.05) is 30.3 Å². The summed E-state index contributed by atoms with van der Waals surface area (Å²) < 4.78 is 13.6. The van der Waals surface area contributed by atoms with Crippen LogP contribution in [0.4, 0.5) is 15.9 Å². The summed E-state index contributed by atoms with van der Waals surface area (Å²) in [5.41, 5.74) is 2.99. The molecule has 1 amide bonds. The molecule has 1 heterocycles. The lowest BCUT2D eigenvalue weighted by molar-refractivity contribution is 0.0948. The standard InChI is InChI=1S/C22H23FN4O/c1-3-27(18-9-6-7-16(2)13-18)21-15-25-20(14-26-21)22(28)24-12-11-17-8-4-5-10-19(17)23/h4-10,13-15H,3,11-12H2,1-2H3,(H,24,28). The average molecular weight is 378 g/mol. The Hall–Kier alpha value is -3.28. The second kappa shape index (κ2) is 9.08. The van der Waals surface area contributed by atoms with Gasteiger partial charge in [-0.25, -0.2) is 14.4 Å². The van der Waals surface area contributed by atoms with Crippen LogP contribution in [0.5, 0.6) is 0 Å². The number of rotatable bonds is 7. The van der Waals surface area contributed by atoms with E-state index in [1.165, 1.54) is 12.3 Å². The number of benzene rings is 2. The monoisotopic (exact) mass is 378 g/mol. The number of hydrogen-bond acceptors (Lipinski definition) is 4. The molecule has 28 heavy (non-hydrogen) atoms. The maximum Gasteiger partial charge on any atom is 0.271 e. The number of nitrogens with zero attached hydrogens (tertiary/aromatic N) is 3. The molecule has 0 bridgehead atoms. The quantitative estimate of drug-likeness (QED) is 0.674. The molecule has 3 aromatic rings. The molecule has 5 nitrogen and oxygen atoms in total. The minimum absolute atomic E-state index is 0.234. The maximum atomic E-state index is 13.6. The molecule has 0 aliphatic carbocycles. The number of carbonyl (C=O) groups is 1. The summed E-state index contributed by atoms with van der Waals surface area (Å²) in [4.78, 5) is 22.9. The highest BCUT2D eigenvalue weighted by Crippen LogP contribution is 2.23. The third-order valence-electron chi connectivity index (χ3n) is 4.41. The number of nitrogens with one attached hydrogen (secondary N) is 1. The van der Waals surface area contributed by atoms with Gasteiger partial charge in [-0.3, -0.25) is 4.79 Å². The summed E-state index contributed by atoms with van der Waals surface area (Å²) in [6.45, 7) is 5.13. The van der Waals surface area contributed by atoms with E-state index < -0.39 is 0 Å². The minimum atomic E-state index is -0.325. The van der Waals surface area contributed by atoms with Crippen LogP contribution in [0.2, 0.25) is 0 Å². The molecule has 1 N–H and O–H groups in total. The molecule has 6 heteroatoms. The summed E-state index contributed by atoms with van der Waals surface area (Å²) in [6.07, 6.45) is 3.48. The van der Waals surface area contributed by atoms with Crippen LogP contribution in [0.3, 0.4) is 0 Å². The van der Waals surface area contributed by atoms with Gasteiger partial charge < -0.3 is 10.2 Å². The van der Waals surface area contributed by atoms with Gasteiger partial charge in [0, 0.05) is 18.8 Å². The van der Waals surface area contributed by atoms with Gasteiger partial charge in [0.15, 0.2) is 5.82 Å². The zero-order chi connectivity index (χ0) is 19.9. The first-order chi connectivity index (χ1) is 13.6. The highest BCUT2D eigenvalue weighted by molar-refractivity contribution is 5.92. The third-order valence-corrected chi connectivity index (χ3v) is 4.41. The van der Waals surface area contributed by atoms with Crippen molar-refractivity contribution in [3.05, 3.63) is 83.6 Å². The first-order valence-electron chi connectivity index (χ1n) is 9.26. The summed E-state index contributed by atoms with van der Waals surface area (Å²) >= 11 is 0. The Balaban J connectivity index is 1.63. The van der Waals surface area contributed by atoms with Crippen LogP contribution < -0.4 is 10.2 Å². The molecule has 0 fully saturated rings. The summed E-state index contributed by atoms with van der Waals surface area (Å²) in [6, 6.07) is 14.7. The van der Waals surface area contributed by atoms with Crippen molar-refractivity contribution in [1.29, 1.82) is 0 Å². The maximum absolute atomic E-state index is 13.6. The molecule has 1 aromatic heterocycles. The number of anilines is 2. The van der Waals surface area contributed by atoms with E-state index in [1.54, 1.807) is 24.4 Å². The molecule has 3 rings (SSSR count). The average Bonchev–Trinajstić information content (AvgIpc) is 2.70. The lowest BCUT2D eigenvalue weighted by Gasteiger charge is -2.22. The lowest BCUT2D eigenvalue weighted by Crippen LogP contribution is -2.27. The second-order valence-electron chi connectivity index (χ2n) is 6.44. The summed E-state index contributed by atoms with van der Waals surface area (Å²) in [5.74, 6) is 0.0849. The van der Waals surface area contributed by atoms with Crippen molar-refractivity contribution >= 4 is 17.4 Å². The Labute approximate surface area is 164 Å². The van der Waals surface area contributed by atoms with Crippen LogP contribution in [0.1, 0.15) is 28.5 Å². The fourth-order valence-electron chi connectivity index (χ4n) is 2.95. The smallest absolute Gasteiger partial charge is 0.271 e. The lowest BCUT2D eigenvalue weighted by atomic mass is 10.1. The van der Waals surface area contributed by atoms with Gasteiger partial charge in [-0.2, -0.15) is 0 Å². The Morgan fingerprint density at radius 2 is 1.93 bits per heavy atom. The van der Waals surface area contributed by atoms with E-state index in [9.17, 15) is 9.18 Å². The highest BCUT2D eigenvalue weighted by atomic mass is 19.1. The van der Waals surface area contributed by atoms with Crippen molar-refractivity contribution in [1.82, 2.24) is 15.3 Å². The molecular formula is C22H23FN4O. The molecule has 0 radical (unpaired) electrons. The first-order valence-corrected chi connectivity index (χ1v) is 9.26. The molecule has 144 valence electrons. The van der Waals surface area contributed by atoms with Crippen molar-refractivity contribution < 1.29 is 9.18 Å². The van der Waals surface area contributed by atoms with E-state index in [4.69, 9.17) is 0 Å². The van der Waals surface area contributed by atoms with Gasteiger partial charge in [0.05, 0.1) is 12.4 Å². The van der Waals surface area contributed by atoms with Gasteiger partial charge in [0.2, 0.25) is 0 Å². The Kier molecular flexibility index (Phi) is 6.32. The SMILES string of the molecule is CCN(c1cccc(C)c1)c1cnc(C(=O)NCCc2ccccc2F)cn1. The van der Waals surface area contributed by atoms with Crippen LogP contribution in [0.25, 0.3) is 0 Å². The van der Waals surface area contributed by atoms with Crippen LogP contribution in [0.15, 0.2) is 60.9 Å². The number of amides is 1. The Morgan fingerprint density at radius 1 is 1.11 bits per heavy atom. The van der Waals surface area contributed by atoms with Crippen molar-refractivity contribution in [2.75, 3.05) is 18.0 Å². The second-order valence-corrected chi connectivity index (χ2v) is 6.44. The zero-order valence-corrected chi connectivity index (χ0v) is 16.0. The molecule has 0 unspecified atom stereocenters. The largest absolute Gasteiger partial charge is 0.350 e. The van der Waals surface area contributed by atoms with Crippen LogP contribution in [-0.2, 0) is 6.42 Å². The fourth-order valence-corrected chi connectivity index (χ4v) is 2.95. The van der Waals surface area contributed by atoms with E-state index in [0.717, 1.165) is 17.8 Å². The Bertz CT molecular complexity index is 943. The van der Waals surface area contributed by atoms with Gasteiger partial charge in [-0.05, 0) is 49.6 Å². The Morgan fingerprint density at radius 3 is 2.61 bits per heavy atom. The minimum Gasteiger partial charge on any atom is -0.350 e. The van der Waals surface area contributed by atoms with Gasteiger partial charge in [0.25, 0.3) is 5.91 Å². The molecule has 0 saturated carbocycles. The topological polar surface area (TPSA) is 58.1 Å². The molecule has 0 spiro atoms. The number of carbonyl (C=O) groups excluding carboxylic acids is 1. The van der Waals surface area contributed by atoms with Crippen LogP contribution >= 0.6 is 0 Å². The van der Waals surface area contributed by atoms with Gasteiger partial charge in [-0.15, -0.1) is 0 Å². The molecule has 0 aliphatic heterocycles. The van der Waals surface area contributed by atoms with Crippen molar-refractivity contribution in [3.8, 4) is 0 Å². The number of halogens is 1. The highest BCUT2D eigenvalue weighted by Gasteiger charge is 2.12. The van der Waals surface area contributed by atoms with Gasteiger partial charge in [0.1, 0.15) is 11.5 Å². The van der Waals surface area contributed by atoms with Crippen LogP contribution in [0, 0.1) is 12.7 Å². The summed E-state index contributed by atoms with van der Waals surface area (Å²) in [5, 5.41) is 2.75. The summed E-state index contributed by atoms with van der Waals surface area (Å²) in [7, 11) is 0. The van der Waals surface area contributed by atoms with E-state index in [2.05, 4.69) is 21.4 Å². The van der Waals surface area contributed by atoms with Crippen molar-refractivity contribution in [2.45, 2.75) is 20.3 Å². The molecule has 0 saturated heterocycles. The predicted octanol–water partition coefficient (Wildman–Crippen LogP) is 4.05. The third kappa shape index (κ3) is 4.71. The molecule has 0 atom stereocenters. The molecule has 2 aromatic carbocycles. The first kappa shape index (κ1) is 19.5. The van der Waals surface area contributed by atoms with Crippen molar-refractivity contribution in [3.63, 3.8) is 0 Å². The van der Waals surface area contributed by atoms with E-state index >= 15 is 0 Å². The zero-order valence-electron chi connectivity index (χ0n) is 16.0. The number of aryl methyl sites for hydroxylation is 1. The van der Waals surface area contributed by atoms with E-state index in [1.807, 2.05) is 36.9 Å². The molecule has 0 aliphatic rings. The van der Waals surface area contributed by atoms with Crippen molar-refractivity contribution in [2.24, 2.45) is 0 Å². The predicted molar refractivity (Wildman–Crippen MR) is 108 cm³/mol. The molecular weight excluding hydrogens is 355 g/mol. The number of hydrogen-bond donors (Lipinski definition) is 1. The van der Waals surface area contributed by atoms with Gasteiger partial charge >= 0.3 is 0 Å². The van der Waals surface area contributed by atoms with Crippen LogP contribution in [-0.4, -0.2) is 29.0 Å². The number of aromatic nitrogens is 2. The van der Waals surface area contributed by atoms with E-state index in [-0.39, 0.29) is 17.4 Å². The normalized spacial score (nSPS) is 10.5. The fraction of sp³-hybridized carbons (Fsp3) is 0.227.